The van der Waals surface area contributed by atoms with Crippen molar-refractivity contribution < 1.29 is 9.47 Å². The van der Waals surface area contributed by atoms with Gasteiger partial charge in [0.05, 0.1) is 32.2 Å². The summed E-state index contributed by atoms with van der Waals surface area (Å²) in [4.78, 5) is 14.6. The van der Waals surface area contributed by atoms with Crippen molar-refractivity contribution in [2.45, 2.75) is 0 Å². The van der Waals surface area contributed by atoms with Crippen molar-refractivity contribution in [2.24, 2.45) is 5.10 Å². The minimum absolute atomic E-state index is 0.308. The van der Waals surface area contributed by atoms with Gasteiger partial charge in [0.2, 0.25) is 5.95 Å². The zero-order chi connectivity index (χ0) is 23.3. The van der Waals surface area contributed by atoms with Gasteiger partial charge in [-0.2, -0.15) is 15.3 Å². The maximum Gasteiger partial charge on any atom is 0.246 e. The third-order valence-electron chi connectivity index (χ3n) is 5.67. The lowest BCUT2D eigenvalue weighted by Crippen LogP contribution is -2.37. The van der Waals surface area contributed by atoms with Gasteiger partial charge in [-0.1, -0.05) is 18.2 Å². The number of hydrogen-bond donors (Lipinski definition) is 2. The summed E-state index contributed by atoms with van der Waals surface area (Å²) >= 11 is 0. The van der Waals surface area contributed by atoms with E-state index in [-0.39, 0.29) is 0 Å². The Morgan fingerprint density at radius 1 is 1.15 bits per heavy atom. The largest absolute Gasteiger partial charge is 0.497 e. The summed E-state index contributed by atoms with van der Waals surface area (Å²) in [7, 11) is 1.62. The van der Waals surface area contributed by atoms with Gasteiger partial charge in [-0.15, -0.1) is 0 Å². The second kappa shape index (κ2) is 9.60. The maximum atomic E-state index is 10.0. The van der Waals surface area contributed by atoms with Gasteiger partial charge in [-0.25, -0.2) is 10.4 Å². The van der Waals surface area contributed by atoms with Gasteiger partial charge >= 0.3 is 0 Å². The Hall–Kier alpha value is -4.42. The van der Waals surface area contributed by atoms with Crippen LogP contribution in [-0.2, 0) is 4.74 Å². The molecule has 1 aliphatic heterocycles. The van der Waals surface area contributed by atoms with Gasteiger partial charge in [0.25, 0.3) is 0 Å². The third kappa shape index (κ3) is 4.27. The normalized spacial score (nSPS) is 13.8. The molecule has 0 spiro atoms. The molecule has 0 atom stereocenters. The van der Waals surface area contributed by atoms with Crippen molar-refractivity contribution in [3.63, 3.8) is 0 Å². The first-order chi connectivity index (χ1) is 16.8. The summed E-state index contributed by atoms with van der Waals surface area (Å²) in [5, 5.41) is 15.5. The molecule has 34 heavy (non-hydrogen) atoms. The average molecular weight is 454 g/mol. The van der Waals surface area contributed by atoms with Crippen LogP contribution in [0.5, 0.6) is 5.75 Å². The van der Waals surface area contributed by atoms with E-state index in [1.165, 1.54) is 0 Å². The monoisotopic (exact) mass is 453 g/mol. The molecule has 1 fully saturated rings. The van der Waals surface area contributed by atoms with E-state index in [1.54, 1.807) is 13.3 Å². The molecule has 2 aromatic heterocycles. The van der Waals surface area contributed by atoms with Crippen molar-refractivity contribution in [1.82, 2.24) is 15.0 Å². The Labute approximate surface area is 196 Å². The number of para-hydroxylation sites is 1. The molecule has 0 saturated carbocycles. The minimum atomic E-state index is 0.308. The zero-order valence-electron chi connectivity index (χ0n) is 18.7. The molecule has 0 amide bonds. The second-order valence-corrected chi connectivity index (χ2v) is 7.69. The Bertz CT molecular complexity index is 1370. The first-order valence-corrected chi connectivity index (χ1v) is 10.9. The average Bonchev–Trinajstić information content (AvgIpc) is 3.32. The Kier molecular flexibility index (Phi) is 6.05. The van der Waals surface area contributed by atoms with Gasteiger partial charge in [0.15, 0.2) is 5.82 Å². The number of methoxy groups -OCH3 is 1. The van der Waals surface area contributed by atoms with E-state index in [2.05, 4.69) is 31.5 Å². The molecule has 4 aromatic rings. The molecule has 9 heteroatoms. The Balaban J connectivity index is 1.52. The van der Waals surface area contributed by atoms with Crippen LogP contribution in [0.3, 0.4) is 0 Å². The first-order valence-electron chi connectivity index (χ1n) is 10.9. The van der Waals surface area contributed by atoms with Crippen molar-refractivity contribution in [2.75, 3.05) is 43.7 Å². The fourth-order valence-corrected chi connectivity index (χ4v) is 3.92. The Morgan fingerprint density at radius 2 is 1.94 bits per heavy atom. The number of rotatable bonds is 6. The lowest BCUT2D eigenvalue weighted by Gasteiger charge is -2.29. The second-order valence-electron chi connectivity index (χ2n) is 7.69. The highest BCUT2D eigenvalue weighted by Gasteiger charge is 2.22. The lowest BCUT2D eigenvalue weighted by molar-refractivity contribution is 0.122. The summed E-state index contributed by atoms with van der Waals surface area (Å²) in [6.45, 7) is 2.44. The number of hydrazone groups is 1. The number of nitrogens with zero attached hydrogens (tertiary/aromatic N) is 5. The molecule has 0 bridgehead atoms. The van der Waals surface area contributed by atoms with Crippen molar-refractivity contribution in [1.29, 1.82) is 5.26 Å². The number of hydrogen-bond acceptors (Lipinski definition) is 8. The fourth-order valence-electron chi connectivity index (χ4n) is 3.92. The summed E-state index contributed by atoms with van der Waals surface area (Å²) in [5.41, 5.74) is 6.67. The van der Waals surface area contributed by atoms with E-state index >= 15 is 0 Å². The SMILES string of the molecule is COc1ccc(-c2nc(NN=Cc3c[nH]c4ccccc34)nc(N3CCOCC3)c2C#N)cc1. The number of fused-ring (bicyclic) bond motifs is 1. The number of anilines is 2. The van der Waals surface area contributed by atoms with Crippen molar-refractivity contribution in [3.8, 4) is 23.1 Å². The highest BCUT2D eigenvalue weighted by molar-refractivity contribution is 5.99. The zero-order valence-corrected chi connectivity index (χ0v) is 18.7. The summed E-state index contributed by atoms with van der Waals surface area (Å²) < 4.78 is 10.8. The van der Waals surface area contributed by atoms with Crippen LogP contribution >= 0.6 is 0 Å². The number of nitrogens with one attached hydrogen (secondary N) is 2. The third-order valence-corrected chi connectivity index (χ3v) is 5.67. The van der Waals surface area contributed by atoms with Crippen LogP contribution in [-0.4, -0.2) is 54.6 Å². The van der Waals surface area contributed by atoms with Gasteiger partial charge < -0.3 is 19.4 Å². The quantitative estimate of drug-likeness (QED) is 0.337. The minimum Gasteiger partial charge on any atom is -0.497 e. The van der Waals surface area contributed by atoms with Gasteiger partial charge in [0, 0.05) is 41.3 Å². The molecule has 1 saturated heterocycles. The Morgan fingerprint density at radius 3 is 2.71 bits per heavy atom. The lowest BCUT2D eigenvalue weighted by atomic mass is 10.1. The van der Waals surface area contributed by atoms with E-state index in [9.17, 15) is 5.26 Å². The summed E-state index contributed by atoms with van der Waals surface area (Å²) in [5.74, 6) is 1.60. The van der Waals surface area contributed by atoms with Crippen LogP contribution < -0.4 is 15.1 Å². The number of aromatic nitrogens is 3. The molecule has 0 aliphatic carbocycles. The molecular weight excluding hydrogens is 430 g/mol. The predicted molar refractivity (Wildman–Crippen MR) is 131 cm³/mol. The molecule has 2 aromatic carbocycles. The van der Waals surface area contributed by atoms with Crippen LogP contribution in [0.1, 0.15) is 11.1 Å². The molecule has 3 heterocycles. The van der Waals surface area contributed by atoms with Crippen LogP contribution in [0, 0.1) is 11.3 Å². The predicted octanol–water partition coefficient (Wildman–Crippen LogP) is 3.79. The first kappa shape index (κ1) is 21.4. The number of morpholine rings is 1. The van der Waals surface area contributed by atoms with Crippen molar-refractivity contribution in [3.05, 3.63) is 65.9 Å². The standard InChI is InChI=1S/C25H23N7O2/c1-33-19-8-6-17(7-9-19)23-21(14-26)24(32-10-12-34-13-11-32)30-25(29-23)31-28-16-18-15-27-22-5-3-2-4-20(18)22/h2-9,15-16,27H,10-13H2,1H3,(H,29,30,31). The molecule has 2 N–H and O–H groups in total. The molecule has 170 valence electrons. The van der Waals surface area contributed by atoms with Crippen LogP contribution in [0.2, 0.25) is 0 Å². The highest BCUT2D eigenvalue weighted by Crippen LogP contribution is 2.31. The highest BCUT2D eigenvalue weighted by atomic mass is 16.5. The molecule has 0 unspecified atom stereocenters. The van der Waals surface area contributed by atoms with Crippen LogP contribution in [0.4, 0.5) is 11.8 Å². The van der Waals surface area contributed by atoms with E-state index in [0.717, 1.165) is 27.8 Å². The van der Waals surface area contributed by atoms with Crippen LogP contribution in [0.25, 0.3) is 22.2 Å². The molecule has 5 rings (SSSR count). The molecule has 0 radical (unpaired) electrons. The van der Waals surface area contributed by atoms with Gasteiger partial charge in [0.1, 0.15) is 17.4 Å². The summed E-state index contributed by atoms with van der Waals surface area (Å²) in [6, 6.07) is 17.8. The molecular formula is C25H23N7O2. The number of H-pyrrole nitrogens is 1. The number of ether oxygens (including phenoxy) is 2. The summed E-state index contributed by atoms with van der Waals surface area (Å²) in [6.07, 6.45) is 3.62. The number of benzene rings is 2. The van der Waals surface area contributed by atoms with E-state index < -0.39 is 0 Å². The van der Waals surface area contributed by atoms with Crippen molar-refractivity contribution >= 4 is 28.9 Å². The topological polar surface area (TPSA) is 111 Å². The van der Waals surface area contributed by atoms with Gasteiger partial charge in [-0.3, -0.25) is 0 Å². The molecule has 9 nitrogen and oxygen atoms in total. The maximum absolute atomic E-state index is 10.0. The number of aromatic amines is 1. The molecule has 1 aliphatic rings. The number of nitriles is 1. The van der Waals surface area contributed by atoms with E-state index in [0.29, 0.717) is 49.3 Å². The van der Waals surface area contributed by atoms with E-state index in [4.69, 9.17) is 9.47 Å². The van der Waals surface area contributed by atoms with Crippen LogP contribution in [0.15, 0.2) is 59.8 Å². The van der Waals surface area contributed by atoms with Gasteiger partial charge in [-0.05, 0) is 30.3 Å². The van der Waals surface area contributed by atoms with E-state index in [1.807, 2.05) is 59.6 Å². The fraction of sp³-hybridized carbons (Fsp3) is 0.200. The smallest absolute Gasteiger partial charge is 0.246 e.